The first kappa shape index (κ1) is 18.6. The van der Waals surface area contributed by atoms with E-state index in [1.54, 1.807) is 6.92 Å². The molecule has 0 saturated carbocycles. The third-order valence-corrected chi connectivity index (χ3v) is 7.29. The van der Waals surface area contributed by atoms with E-state index in [4.69, 9.17) is 16.3 Å². The number of hydrogen-bond donors (Lipinski definition) is 1. The Hall–Kier alpha value is -1.77. The van der Waals surface area contributed by atoms with Gasteiger partial charge in [0, 0.05) is 23.3 Å². The summed E-state index contributed by atoms with van der Waals surface area (Å²) >= 11 is 6.37. The minimum Gasteiger partial charge on any atom is -0.450 e. The fraction of sp³-hybridized carbons (Fsp3) is 0.278. The lowest BCUT2D eigenvalue weighted by Gasteiger charge is -2.22. The number of carbonyl (C=O) groups is 1. The Balaban J connectivity index is 2.19. The molecule has 0 fully saturated rings. The van der Waals surface area contributed by atoms with E-state index in [-0.39, 0.29) is 12.7 Å². The van der Waals surface area contributed by atoms with Crippen LogP contribution in [0, 0.1) is 0 Å². The molecule has 2 aromatic carbocycles. The predicted molar refractivity (Wildman–Crippen MR) is 99.3 cm³/mol. The summed E-state index contributed by atoms with van der Waals surface area (Å²) in [6.45, 7) is 2.23. The highest BCUT2D eigenvalue weighted by molar-refractivity contribution is 7.78. The molecular weight excluding hydrogens is 345 g/mol. The van der Waals surface area contributed by atoms with Gasteiger partial charge in [-0.15, -0.1) is 11.6 Å². The number of halogens is 1. The van der Waals surface area contributed by atoms with Gasteiger partial charge in [-0.1, -0.05) is 60.7 Å². The highest BCUT2D eigenvalue weighted by Crippen LogP contribution is 2.44. The van der Waals surface area contributed by atoms with E-state index in [9.17, 15) is 9.36 Å². The van der Waals surface area contributed by atoms with Crippen molar-refractivity contribution in [2.24, 2.45) is 0 Å². The Labute approximate surface area is 147 Å². The summed E-state index contributed by atoms with van der Waals surface area (Å²) in [5, 5.41) is 3.65. The minimum absolute atomic E-state index is 0.198. The summed E-state index contributed by atoms with van der Waals surface area (Å²) in [4.78, 5) is 11.4. The number of ether oxygens (including phenoxy) is 1. The summed E-state index contributed by atoms with van der Waals surface area (Å²) in [7, 11) is -2.88. The van der Waals surface area contributed by atoms with Gasteiger partial charge in [0.2, 0.25) is 0 Å². The molecule has 0 aromatic heterocycles. The van der Waals surface area contributed by atoms with Crippen molar-refractivity contribution >= 4 is 35.4 Å². The van der Waals surface area contributed by atoms with Gasteiger partial charge < -0.3 is 14.6 Å². The van der Waals surface area contributed by atoms with Crippen molar-refractivity contribution in [3.63, 3.8) is 0 Å². The number of benzene rings is 2. The average Bonchev–Trinajstić information content (AvgIpc) is 2.62. The monoisotopic (exact) mass is 365 g/mol. The fourth-order valence-corrected chi connectivity index (χ4v) is 5.79. The zero-order chi connectivity index (χ0) is 17.4. The van der Waals surface area contributed by atoms with Gasteiger partial charge >= 0.3 is 6.09 Å². The highest BCUT2D eigenvalue weighted by Gasteiger charge is 2.30. The lowest BCUT2D eigenvalue weighted by Crippen LogP contribution is -2.33. The van der Waals surface area contributed by atoms with Crippen molar-refractivity contribution < 1.29 is 14.1 Å². The molecule has 1 N–H and O–H groups in total. The van der Waals surface area contributed by atoms with Crippen LogP contribution in [0.2, 0.25) is 0 Å². The number of nitrogens with one attached hydrogen (secondary N) is 1. The lowest BCUT2D eigenvalue weighted by molar-refractivity contribution is 0.152. The van der Waals surface area contributed by atoms with Crippen LogP contribution < -0.4 is 15.9 Å². The van der Waals surface area contributed by atoms with Crippen LogP contribution in [0.5, 0.6) is 0 Å². The number of amides is 1. The van der Waals surface area contributed by atoms with Gasteiger partial charge in [0.25, 0.3) is 0 Å². The van der Waals surface area contributed by atoms with Crippen molar-refractivity contribution in [1.29, 1.82) is 0 Å². The molecule has 0 bridgehead atoms. The molecule has 2 rings (SSSR count). The second-order valence-corrected chi connectivity index (χ2v) is 8.79. The summed E-state index contributed by atoms with van der Waals surface area (Å²) < 4.78 is 18.6. The highest BCUT2D eigenvalue weighted by atomic mass is 35.5. The van der Waals surface area contributed by atoms with E-state index in [2.05, 4.69) is 5.32 Å². The number of alkyl carbamates (subject to hydrolysis) is 1. The van der Waals surface area contributed by atoms with Gasteiger partial charge in [-0.3, -0.25) is 0 Å². The molecule has 0 aliphatic heterocycles. The molecule has 4 nitrogen and oxygen atoms in total. The van der Waals surface area contributed by atoms with Gasteiger partial charge in [0.15, 0.2) is 0 Å². The zero-order valence-corrected chi connectivity index (χ0v) is 15.2. The second kappa shape index (κ2) is 8.91. The van der Waals surface area contributed by atoms with Crippen molar-refractivity contribution in [3.8, 4) is 0 Å². The van der Waals surface area contributed by atoms with E-state index >= 15 is 0 Å². The minimum atomic E-state index is -2.88. The summed E-state index contributed by atoms with van der Waals surface area (Å²) in [5.41, 5.74) is 0. The molecule has 6 heteroatoms. The molecule has 24 heavy (non-hydrogen) atoms. The first-order valence-electron chi connectivity index (χ1n) is 7.81. The number of alkyl halides is 1. The predicted octanol–water partition coefficient (Wildman–Crippen LogP) is 3.35. The zero-order valence-electron chi connectivity index (χ0n) is 13.5. The topological polar surface area (TPSA) is 55.4 Å². The van der Waals surface area contributed by atoms with Gasteiger partial charge in [0.05, 0.1) is 12.0 Å². The van der Waals surface area contributed by atoms with Crippen LogP contribution >= 0.6 is 18.7 Å². The third kappa shape index (κ3) is 4.86. The van der Waals surface area contributed by atoms with E-state index in [0.717, 1.165) is 10.6 Å². The third-order valence-electron chi connectivity index (χ3n) is 3.55. The molecule has 128 valence electrons. The van der Waals surface area contributed by atoms with E-state index < -0.39 is 18.6 Å². The Morgan fingerprint density at radius 2 is 1.58 bits per heavy atom. The lowest BCUT2D eigenvalue weighted by atomic mass is 10.4. The van der Waals surface area contributed by atoms with Crippen LogP contribution in [0.4, 0.5) is 4.79 Å². The molecule has 2 aromatic rings. The largest absolute Gasteiger partial charge is 0.450 e. The van der Waals surface area contributed by atoms with Crippen molar-refractivity contribution in [2.75, 3.05) is 19.3 Å². The van der Waals surface area contributed by atoms with Gasteiger partial charge in [-0.25, -0.2) is 4.79 Å². The Kier molecular flexibility index (Phi) is 6.89. The molecule has 0 aliphatic carbocycles. The SMILES string of the molecule is CCOC(=O)NCC(Cl)CP(=O)(c1ccccc1)c1ccccc1. The van der Waals surface area contributed by atoms with Crippen LogP contribution in [-0.2, 0) is 9.30 Å². The summed E-state index contributed by atoms with van der Waals surface area (Å²) in [6, 6.07) is 18.7. The Morgan fingerprint density at radius 3 is 2.04 bits per heavy atom. The molecule has 1 amide bonds. The van der Waals surface area contributed by atoms with E-state index in [0.29, 0.717) is 6.61 Å². The number of carbonyl (C=O) groups excluding carboxylic acids is 1. The summed E-state index contributed by atoms with van der Waals surface area (Å²) in [6.07, 6.45) is -0.257. The van der Waals surface area contributed by atoms with Gasteiger partial charge in [0.1, 0.15) is 7.14 Å². The standard InChI is InChI=1S/C18H21ClNO3P/c1-2-23-18(21)20-13-15(19)14-24(22,16-9-5-3-6-10-16)17-11-7-4-8-12-17/h3-12,15H,2,13-14H2,1H3,(H,20,21). The normalized spacial score (nSPS) is 12.4. The van der Waals surface area contributed by atoms with Crippen molar-refractivity contribution in [1.82, 2.24) is 5.32 Å². The van der Waals surface area contributed by atoms with Crippen LogP contribution in [0.25, 0.3) is 0 Å². The van der Waals surface area contributed by atoms with Crippen molar-refractivity contribution in [2.45, 2.75) is 12.3 Å². The van der Waals surface area contributed by atoms with Crippen LogP contribution in [0.15, 0.2) is 60.7 Å². The molecule has 0 aliphatic rings. The molecule has 1 unspecified atom stereocenters. The maximum atomic E-state index is 13.8. The molecule has 1 atom stereocenters. The Bertz CT molecular complexity index is 650. The molecule has 0 saturated heterocycles. The Morgan fingerprint density at radius 1 is 1.08 bits per heavy atom. The van der Waals surface area contributed by atoms with Gasteiger partial charge in [-0.2, -0.15) is 0 Å². The maximum Gasteiger partial charge on any atom is 0.407 e. The smallest absolute Gasteiger partial charge is 0.407 e. The average molecular weight is 366 g/mol. The van der Waals surface area contributed by atoms with Crippen LogP contribution in [0.3, 0.4) is 0 Å². The van der Waals surface area contributed by atoms with Gasteiger partial charge in [-0.05, 0) is 6.92 Å². The van der Waals surface area contributed by atoms with E-state index in [1.165, 1.54) is 0 Å². The number of rotatable bonds is 7. The number of hydrogen-bond acceptors (Lipinski definition) is 3. The molecular formula is C18H21ClNO3P. The van der Waals surface area contributed by atoms with E-state index in [1.807, 2.05) is 60.7 Å². The maximum absolute atomic E-state index is 13.8. The first-order valence-corrected chi connectivity index (χ1v) is 10.1. The molecule has 0 heterocycles. The quantitative estimate of drug-likeness (QED) is 0.604. The van der Waals surface area contributed by atoms with Crippen molar-refractivity contribution in [3.05, 3.63) is 60.7 Å². The fourth-order valence-electron chi connectivity index (χ4n) is 2.42. The first-order chi connectivity index (χ1) is 11.6. The molecule has 0 spiro atoms. The van der Waals surface area contributed by atoms with Crippen LogP contribution in [-0.4, -0.2) is 30.8 Å². The molecule has 0 radical (unpaired) electrons. The van der Waals surface area contributed by atoms with Crippen LogP contribution in [0.1, 0.15) is 6.92 Å². The second-order valence-electron chi connectivity index (χ2n) is 5.29. The summed E-state index contributed by atoms with van der Waals surface area (Å²) in [5.74, 6) is 0.